The molecule has 122 valence electrons. The number of hydrogen-bond acceptors (Lipinski definition) is 5. The fraction of sp³-hybridized carbons (Fsp3) is 0.688. The lowest BCUT2D eigenvalue weighted by Gasteiger charge is -2.35. The summed E-state index contributed by atoms with van der Waals surface area (Å²) in [7, 11) is 0. The van der Waals surface area contributed by atoms with Crippen LogP contribution in [0.3, 0.4) is 0 Å². The number of nitrogens with zero attached hydrogens (tertiary/aromatic N) is 4. The fourth-order valence-electron chi connectivity index (χ4n) is 3.06. The molecule has 0 aromatic carbocycles. The van der Waals surface area contributed by atoms with E-state index in [-0.39, 0.29) is 11.8 Å². The zero-order valence-electron chi connectivity index (χ0n) is 13.9. The van der Waals surface area contributed by atoms with Gasteiger partial charge in [-0.05, 0) is 33.6 Å². The van der Waals surface area contributed by atoms with Crippen molar-refractivity contribution in [3.8, 4) is 0 Å². The van der Waals surface area contributed by atoms with Crippen molar-refractivity contribution in [1.82, 2.24) is 14.9 Å². The minimum absolute atomic E-state index is 0.0604. The van der Waals surface area contributed by atoms with Crippen LogP contribution in [0.5, 0.6) is 0 Å². The van der Waals surface area contributed by atoms with Crippen LogP contribution in [-0.4, -0.2) is 47.0 Å². The lowest BCUT2D eigenvalue weighted by molar-refractivity contribution is -0.135. The largest absolute Gasteiger partial charge is 0.356 e. The van der Waals surface area contributed by atoms with Crippen molar-refractivity contribution in [2.24, 2.45) is 11.7 Å². The Hall–Kier alpha value is -1.69. The molecule has 2 N–H and O–H groups in total. The van der Waals surface area contributed by atoms with E-state index in [1.807, 2.05) is 31.7 Å². The van der Waals surface area contributed by atoms with Crippen molar-refractivity contribution < 1.29 is 4.79 Å². The summed E-state index contributed by atoms with van der Waals surface area (Å²) in [5.74, 6) is 1.95. The molecule has 0 aliphatic carbocycles. The van der Waals surface area contributed by atoms with Crippen LogP contribution in [0.4, 0.5) is 5.82 Å². The minimum Gasteiger partial charge on any atom is -0.356 e. The maximum absolute atomic E-state index is 12.6. The summed E-state index contributed by atoms with van der Waals surface area (Å²) in [6.07, 6.45) is 1.97. The molecule has 1 saturated heterocycles. The van der Waals surface area contributed by atoms with Crippen molar-refractivity contribution in [3.63, 3.8) is 0 Å². The highest BCUT2D eigenvalue weighted by molar-refractivity contribution is 5.79. The van der Waals surface area contributed by atoms with Gasteiger partial charge in [-0.2, -0.15) is 0 Å². The summed E-state index contributed by atoms with van der Waals surface area (Å²) in [6.45, 7) is 9.56. The molecule has 6 heteroatoms. The van der Waals surface area contributed by atoms with E-state index in [2.05, 4.69) is 14.9 Å². The van der Waals surface area contributed by atoms with E-state index >= 15 is 0 Å². The molecular weight excluding hydrogens is 278 g/mol. The molecule has 22 heavy (non-hydrogen) atoms. The second-order valence-electron chi connectivity index (χ2n) is 5.76. The van der Waals surface area contributed by atoms with Crippen molar-refractivity contribution in [2.45, 2.75) is 40.2 Å². The Labute approximate surface area is 132 Å². The van der Waals surface area contributed by atoms with Gasteiger partial charge in [-0.3, -0.25) is 4.79 Å². The number of hydrogen-bond donors (Lipinski definition) is 1. The van der Waals surface area contributed by atoms with E-state index in [4.69, 9.17) is 5.73 Å². The molecular formula is C16H27N5O. The summed E-state index contributed by atoms with van der Waals surface area (Å²) in [5, 5.41) is 0. The molecule has 0 bridgehead atoms. The molecule has 1 unspecified atom stereocenters. The van der Waals surface area contributed by atoms with Crippen LogP contribution in [0.25, 0.3) is 0 Å². The number of nitrogens with two attached hydrogens (primary N) is 1. The molecule has 0 radical (unpaired) electrons. The molecule has 1 aromatic heterocycles. The van der Waals surface area contributed by atoms with Crippen LogP contribution in [0.2, 0.25) is 0 Å². The molecule has 1 aliphatic rings. The van der Waals surface area contributed by atoms with Crippen LogP contribution in [0.15, 0.2) is 6.07 Å². The van der Waals surface area contributed by atoms with Crippen molar-refractivity contribution in [2.75, 3.05) is 31.1 Å². The maximum atomic E-state index is 12.6. The third-order valence-corrected chi connectivity index (χ3v) is 4.26. The SMILES string of the molecule is CCN(CC)C(=O)C1CCCN(c2cc(CN)nc(C)n2)C1. The maximum Gasteiger partial charge on any atom is 0.227 e. The van der Waals surface area contributed by atoms with Crippen molar-refractivity contribution in [3.05, 3.63) is 17.6 Å². The molecule has 1 amide bonds. The summed E-state index contributed by atoms with van der Waals surface area (Å²) < 4.78 is 0. The van der Waals surface area contributed by atoms with E-state index in [1.165, 1.54) is 0 Å². The number of aromatic nitrogens is 2. The average molecular weight is 305 g/mol. The molecule has 1 aliphatic heterocycles. The third-order valence-electron chi connectivity index (χ3n) is 4.26. The van der Waals surface area contributed by atoms with E-state index in [0.717, 1.165) is 56.4 Å². The van der Waals surface area contributed by atoms with Gasteiger partial charge in [-0.15, -0.1) is 0 Å². The Kier molecular flexibility index (Phi) is 5.71. The van der Waals surface area contributed by atoms with Crippen LogP contribution in [0, 0.1) is 12.8 Å². The molecule has 2 heterocycles. The zero-order chi connectivity index (χ0) is 16.1. The summed E-state index contributed by atoms with van der Waals surface area (Å²) in [6, 6.07) is 1.94. The van der Waals surface area contributed by atoms with E-state index in [0.29, 0.717) is 6.54 Å². The molecule has 0 saturated carbocycles. The van der Waals surface area contributed by atoms with Gasteiger partial charge in [0.15, 0.2) is 0 Å². The second kappa shape index (κ2) is 7.54. The number of carbonyl (C=O) groups is 1. The van der Waals surface area contributed by atoms with Gasteiger partial charge in [0.05, 0.1) is 11.6 Å². The summed E-state index contributed by atoms with van der Waals surface area (Å²) in [4.78, 5) is 25.5. The average Bonchev–Trinajstić information content (AvgIpc) is 2.55. The smallest absolute Gasteiger partial charge is 0.227 e. The third kappa shape index (κ3) is 3.74. The van der Waals surface area contributed by atoms with Gasteiger partial charge >= 0.3 is 0 Å². The van der Waals surface area contributed by atoms with Gasteiger partial charge in [0.25, 0.3) is 0 Å². The fourth-order valence-corrected chi connectivity index (χ4v) is 3.06. The van der Waals surface area contributed by atoms with Gasteiger partial charge in [-0.1, -0.05) is 0 Å². The Morgan fingerprint density at radius 2 is 2.14 bits per heavy atom. The van der Waals surface area contributed by atoms with Crippen LogP contribution >= 0.6 is 0 Å². The van der Waals surface area contributed by atoms with Crippen molar-refractivity contribution in [1.29, 1.82) is 0 Å². The first-order valence-corrected chi connectivity index (χ1v) is 8.17. The van der Waals surface area contributed by atoms with E-state index < -0.39 is 0 Å². The highest BCUT2D eigenvalue weighted by atomic mass is 16.2. The van der Waals surface area contributed by atoms with Crippen molar-refractivity contribution >= 4 is 11.7 Å². The van der Waals surface area contributed by atoms with Crippen LogP contribution in [0.1, 0.15) is 38.2 Å². The first-order valence-electron chi connectivity index (χ1n) is 8.17. The van der Waals surface area contributed by atoms with E-state index in [9.17, 15) is 4.79 Å². The molecule has 0 spiro atoms. The van der Waals surface area contributed by atoms with E-state index in [1.54, 1.807) is 0 Å². The van der Waals surface area contributed by atoms with Crippen LogP contribution < -0.4 is 10.6 Å². The second-order valence-corrected chi connectivity index (χ2v) is 5.76. The predicted molar refractivity (Wildman–Crippen MR) is 87.5 cm³/mol. The van der Waals surface area contributed by atoms with Gasteiger partial charge in [-0.25, -0.2) is 9.97 Å². The molecule has 1 fully saturated rings. The molecule has 1 aromatic rings. The Morgan fingerprint density at radius 1 is 1.41 bits per heavy atom. The highest BCUT2D eigenvalue weighted by Crippen LogP contribution is 2.23. The number of rotatable bonds is 5. The number of anilines is 1. The van der Waals surface area contributed by atoms with Crippen LogP contribution in [-0.2, 0) is 11.3 Å². The van der Waals surface area contributed by atoms with Gasteiger partial charge < -0.3 is 15.5 Å². The first kappa shape index (κ1) is 16.7. The first-order chi connectivity index (χ1) is 10.6. The number of piperidine rings is 1. The number of carbonyl (C=O) groups excluding carboxylic acids is 1. The zero-order valence-corrected chi connectivity index (χ0v) is 13.9. The standard InChI is InChI=1S/C16H27N5O/c1-4-20(5-2)16(22)13-7-6-8-21(11-13)15-9-14(10-17)18-12(3)19-15/h9,13H,4-8,10-11,17H2,1-3H3. The van der Waals surface area contributed by atoms with Gasteiger partial charge in [0.2, 0.25) is 5.91 Å². The monoisotopic (exact) mass is 305 g/mol. The van der Waals surface area contributed by atoms with Gasteiger partial charge in [0.1, 0.15) is 11.6 Å². The lowest BCUT2D eigenvalue weighted by atomic mass is 9.96. The topological polar surface area (TPSA) is 75.4 Å². The highest BCUT2D eigenvalue weighted by Gasteiger charge is 2.29. The Balaban J connectivity index is 2.13. The summed E-state index contributed by atoms with van der Waals surface area (Å²) in [5.41, 5.74) is 6.55. The quantitative estimate of drug-likeness (QED) is 0.888. The molecule has 1 atom stereocenters. The summed E-state index contributed by atoms with van der Waals surface area (Å²) >= 11 is 0. The molecule has 2 rings (SSSR count). The number of aryl methyl sites for hydroxylation is 1. The number of amides is 1. The Bertz CT molecular complexity index is 515. The van der Waals surface area contributed by atoms with Gasteiger partial charge in [0, 0.05) is 38.8 Å². The Morgan fingerprint density at radius 3 is 2.77 bits per heavy atom. The predicted octanol–water partition coefficient (Wildman–Crippen LogP) is 1.33. The minimum atomic E-state index is 0.0604. The molecule has 6 nitrogen and oxygen atoms in total. The normalized spacial score (nSPS) is 18.4. The lowest BCUT2D eigenvalue weighted by Crippen LogP contribution is -2.45.